The van der Waals surface area contributed by atoms with Crippen molar-refractivity contribution >= 4 is 27.3 Å². The summed E-state index contributed by atoms with van der Waals surface area (Å²) in [5.41, 5.74) is 1.40. The predicted molar refractivity (Wildman–Crippen MR) is 102 cm³/mol. The molecule has 1 amide bonds. The van der Waals surface area contributed by atoms with Gasteiger partial charge < -0.3 is 4.74 Å². The molecule has 3 N–H and O–H groups in total. The average molecular weight is 408 g/mol. The number of carbonyl (C=O) groups is 1. The van der Waals surface area contributed by atoms with Gasteiger partial charge in [0, 0.05) is 6.07 Å². The zero-order chi connectivity index (χ0) is 20.7. The second-order valence-electron chi connectivity index (χ2n) is 5.65. The maximum Gasteiger partial charge on any atom is 0.289 e. The number of nitrogens with two attached hydrogens (primary N) is 1. The molecule has 2 rings (SSSR count). The van der Waals surface area contributed by atoms with Gasteiger partial charge in [0.1, 0.15) is 12.3 Å². The summed E-state index contributed by atoms with van der Waals surface area (Å²) in [6.45, 7) is 1.79. The van der Waals surface area contributed by atoms with Crippen LogP contribution in [0.25, 0.3) is 0 Å². The third kappa shape index (κ3) is 4.75. The van der Waals surface area contributed by atoms with E-state index >= 15 is 0 Å². The lowest BCUT2D eigenvalue weighted by atomic mass is 10.3. The monoisotopic (exact) mass is 408 g/mol. The Balaban J connectivity index is 2.51. The highest BCUT2D eigenvalue weighted by atomic mass is 32.2. The van der Waals surface area contributed by atoms with Crippen molar-refractivity contribution in [3.05, 3.63) is 58.6 Å². The van der Waals surface area contributed by atoms with Crippen molar-refractivity contribution in [1.29, 1.82) is 0 Å². The van der Waals surface area contributed by atoms with Crippen molar-refractivity contribution in [1.82, 2.24) is 5.43 Å². The summed E-state index contributed by atoms with van der Waals surface area (Å²) in [4.78, 5) is 21.7. The lowest BCUT2D eigenvalue weighted by Crippen LogP contribution is -2.43. The second kappa shape index (κ2) is 9.15. The van der Waals surface area contributed by atoms with Crippen LogP contribution in [0.4, 0.5) is 11.4 Å². The molecule has 0 saturated heterocycles. The van der Waals surface area contributed by atoms with Gasteiger partial charge in [0.2, 0.25) is 0 Å². The Morgan fingerprint density at radius 2 is 1.86 bits per heavy atom. The fraction of sp³-hybridized carbons (Fsp3) is 0.235. The van der Waals surface area contributed by atoms with E-state index < -0.39 is 38.0 Å². The van der Waals surface area contributed by atoms with Crippen LogP contribution in [0.3, 0.4) is 0 Å². The lowest BCUT2D eigenvalue weighted by molar-refractivity contribution is -0.387. The molecule has 2 aromatic carbocycles. The number of ether oxygens (including phenoxy) is 1. The van der Waals surface area contributed by atoms with E-state index in [4.69, 9.17) is 10.6 Å². The van der Waals surface area contributed by atoms with E-state index in [0.29, 0.717) is 12.4 Å². The van der Waals surface area contributed by atoms with E-state index in [-0.39, 0.29) is 5.69 Å². The van der Waals surface area contributed by atoms with Crippen molar-refractivity contribution in [3.8, 4) is 5.75 Å². The van der Waals surface area contributed by atoms with Gasteiger partial charge >= 0.3 is 0 Å². The highest BCUT2D eigenvalue weighted by Gasteiger charge is 2.33. The number of sulfonamides is 1. The average Bonchev–Trinajstić information content (AvgIpc) is 2.70. The number of hydrogen-bond donors (Lipinski definition) is 2. The zero-order valence-electron chi connectivity index (χ0n) is 15.1. The van der Waals surface area contributed by atoms with Crippen molar-refractivity contribution in [2.45, 2.75) is 18.2 Å². The molecule has 2 aromatic rings. The van der Waals surface area contributed by atoms with E-state index in [1.54, 1.807) is 12.1 Å². The normalized spacial score (nSPS) is 10.9. The molecule has 0 fully saturated rings. The lowest BCUT2D eigenvalue weighted by Gasteiger charge is -2.23. The van der Waals surface area contributed by atoms with Crippen molar-refractivity contribution in [3.63, 3.8) is 0 Å². The Bertz CT molecular complexity index is 946. The maximum atomic E-state index is 13.1. The molecular formula is C17H20N4O6S. The minimum absolute atomic E-state index is 0.130. The number of amides is 1. The van der Waals surface area contributed by atoms with Gasteiger partial charge in [-0.2, -0.15) is 0 Å². The zero-order valence-corrected chi connectivity index (χ0v) is 15.9. The van der Waals surface area contributed by atoms with Crippen LogP contribution in [-0.2, 0) is 14.8 Å². The number of benzene rings is 2. The molecule has 0 aromatic heterocycles. The molecular weight excluding hydrogens is 388 g/mol. The van der Waals surface area contributed by atoms with Crippen LogP contribution in [0, 0.1) is 10.1 Å². The summed E-state index contributed by atoms with van der Waals surface area (Å²) >= 11 is 0. The summed E-state index contributed by atoms with van der Waals surface area (Å²) in [6.07, 6.45) is 0.802. The number of rotatable bonds is 9. The topological polar surface area (TPSA) is 145 Å². The molecule has 0 bridgehead atoms. The molecule has 0 aliphatic heterocycles. The first-order chi connectivity index (χ1) is 13.3. The Kier molecular flexibility index (Phi) is 6.90. The van der Waals surface area contributed by atoms with Gasteiger partial charge in [-0.3, -0.25) is 24.6 Å². The molecule has 150 valence electrons. The van der Waals surface area contributed by atoms with Gasteiger partial charge in [-0.15, -0.1) is 0 Å². The molecule has 0 saturated carbocycles. The van der Waals surface area contributed by atoms with Gasteiger partial charge in [-0.1, -0.05) is 19.1 Å². The minimum atomic E-state index is -4.43. The summed E-state index contributed by atoms with van der Waals surface area (Å²) in [5, 5.41) is 11.3. The van der Waals surface area contributed by atoms with Crippen molar-refractivity contribution in [2.75, 3.05) is 17.5 Å². The van der Waals surface area contributed by atoms with Crippen LogP contribution >= 0.6 is 0 Å². The SMILES string of the molecule is CCCOc1ccc(N(CC(=O)NN)S(=O)(=O)c2ccccc2[N+](=O)[O-])cc1. The molecule has 10 nitrogen and oxygen atoms in total. The van der Waals surface area contributed by atoms with Crippen molar-refractivity contribution in [2.24, 2.45) is 5.84 Å². The van der Waals surface area contributed by atoms with Crippen LogP contribution in [0.2, 0.25) is 0 Å². The predicted octanol–water partition coefficient (Wildman–Crippen LogP) is 1.57. The second-order valence-corrected chi connectivity index (χ2v) is 7.48. The number of carbonyl (C=O) groups excluding carboxylic acids is 1. The molecule has 0 radical (unpaired) electrons. The van der Waals surface area contributed by atoms with Crippen LogP contribution in [0.5, 0.6) is 5.75 Å². The molecule has 28 heavy (non-hydrogen) atoms. The summed E-state index contributed by atoms with van der Waals surface area (Å²) < 4.78 is 32.5. The molecule has 0 aliphatic rings. The van der Waals surface area contributed by atoms with E-state index in [0.717, 1.165) is 22.9 Å². The summed E-state index contributed by atoms with van der Waals surface area (Å²) in [6, 6.07) is 10.9. The van der Waals surface area contributed by atoms with E-state index in [1.807, 2.05) is 12.3 Å². The third-order valence-corrected chi connectivity index (χ3v) is 5.50. The number of nitrogens with one attached hydrogen (secondary N) is 1. The maximum absolute atomic E-state index is 13.1. The van der Waals surface area contributed by atoms with Crippen LogP contribution in [0.1, 0.15) is 13.3 Å². The summed E-state index contributed by atoms with van der Waals surface area (Å²) in [5.74, 6) is 4.83. The highest BCUT2D eigenvalue weighted by molar-refractivity contribution is 7.93. The van der Waals surface area contributed by atoms with Gasteiger partial charge in [0.25, 0.3) is 21.6 Å². The number of anilines is 1. The smallest absolute Gasteiger partial charge is 0.289 e. The number of nitrogens with zero attached hydrogens (tertiary/aromatic N) is 2. The van der Waals surface area contributed by atoms with Crippen LogP contribution in [0.15, 0.2) is 53.4 Å². The van der Waals surface area contributed by atoms with Gasteiger partial charge in [-0.05, 0) is 36.8 Å². The first-order valence-corrected chi connectivity index (χ1v) is 9.73. The van der Waals surface area contributed by atoms with E-state index in [1.165, 1.54) is 24.3 Å². The number of hydrazine groups is 1. The first kappa shape index (κ1) is 21.1. The van der Waals surface area contributed by atoms with Crippen LogP contribution in [-0.4, -0.2) is 32.4 Å². The largest absolute Gasteiger partial charge is 0.494 e. The highest BCUT2D eigenvalue weighted by Crippen LogP contribution is 2.30. The van der Waals surface area contributed by atoms with Gasteiger partial charge in [0.15, 0.2) is 4.90 Å². The Hall–Kier alpha value is -3.18. The number of hydrogen-bond acceptors (Lipinski definition) is 7. The molecule has 11 heteroatoms. The Labute approximate surface area is 162 Å². The third-order valence-electron chi connectivity index (χ3n) is 3.68. The fourth-order valence-corrected chi connectivity index (χ4v) is 3.95. The number of para-hydroxylation sites is 1. The number of nitro benzene ring substituents is 1. The fourth-order valence-electron chi connectivity index (χ4n) is 2.36. The Morgan fingerprint density at radius 1 is 1.21 bits per heavy atom. The van der Waals surface area contributed by atoms with E-state index in [2.05, 4.69) is 0 Å². The molecule has 0 aliphatic carbocycles. The Morgan fingerprint density at radius 3 is 2.43 bits per heavy atom. The molecule has 0 unspecified atom stereocenters. The van der Waals surface area contributed by atoms with Crippen molar-refractivity contribution < 1.29 is 22.9 Å². The standard InChI is InChI=1S/C17H20N4O6S/c1-2-11-27-14-9-7-13(8-10-14)20(12-17(22)19-18)28(25,26)16-6-4-3-5-15(16)21(23)24/h3-10H,2,11-12,18H2,1H3,(H,19,22). The van der Waals surface area contributed by atoms with Crippen LogP contribution < -0.4 is 20.3 Å². The quantitative estimate of drug-likeness (QED) is 0.277. The molecule has 0 heterocycles. The summed E-state index contributed by atoms with van der Waals surface area (Å²) in [7, 11) is -4.43. The molecule has 0 atom stereocenters. The number of nitro groups is 1. The van der Waals surface area contributed by atoms with Gasteiger partial charge in [0.05, 0.1) is 17.2 Å². The minimum Gasteiger partial charge on any atom is -0.494 e. The van der Waals surface area contributed by atoms with Gasteiger partial charge in [-0.25, -0.2) is 14.3 Å². The first-order valence-electron chi connectivity index (χ1n) is 8.29. The van der Waals surface area contributed by atoms with E-state index in [9.17, 15) is 23.3 Å². The molecule has 0 spiro atoms.